The Hall–Kier alpha value is -2.41. The fourth-order valence-electron chi connectivity index (χ4n) is 5.95. The Morgan fingerprint density at radius 3 is 2.58 bits per heavy atom. The summed E-state index contributed by atoms with van der Waals surface area (Å²) in [5, 5.41) is 13.5. The Morgan fingerprint density at radius 1 is 1.19 bits per heavy atom. The van der Waals surface area contributed by atoms with Crippen LogP contribution in [0.15, 0.2) is 23.0 Å². The van der Waals surface area contributed by atoms with Gasteiger partial charge in [-0.25, -0.2) is 0 Å². The van der Waals surface area contributed by atoms with Gasteiger partial charge in [0, 0.05) is 48.2 Å². The third kappa shape index (κ3) is 3.34. The van der Waals surface area contributed by atoms with Gasteiger partial charge in [-0.1, -0.05) is 25.0 Å². The first kappa shape index (κ1) is 20.5. The van der Waals surface area contributed by atoms with E-state index in [1.165, 1.54) is 0 Å². The van der Waals surface area contributed by atoms with Crippen LogP contribution in [0, 0.1) is 17.8 Å². The van der Waals surface area contributed by atoms with Crippen molar-refractivity contribution in [1.82, 2.24) is 14.8 Å². The van der Waals surface area contributed by atoms with Crippen LogP contribution >= 0.6 is 0 Å². The normalized spacial score (nSPS) is 30.1. The summed E-state index contributed by atoms with van der Waals surface area (Å²) in [6.45, 7) is 2.12. The number of nitrogens with one attached hydrogen (secondary N) is 1. The Bertz CT molecular complexity index is 974. The summed E-state index contributed by atoms with van der Waals surface area (Å²) in [5.41, 5.74) is 1.32. The molecule has 0 radical (unpaired) electrons. The van der Waals surface area contributed by atoms with Crippen LogP contribution in [0.1, 0.15) is 62.7 Å². The molecule has 166 valence electrons. The Labute approximate surface area is 182 Å². The summed E-state index contributed by atoms with van der Waals surface area (Å²) in [6.07, 6.45) is 9.48. The van der Waals surface area contributed by atoms with Gasteiger partial charge in [0.15, 0.2) is 0 Å². The number of pyridine rings is 1. The van der Waals surface area contributed by atoms with Crippen molar-refractivity contribution in [2.75, 3.05) is 6.61 Å². The highest BCUT2D eigenvalue weighted by Crippen LogP contribution is 2.51. The van der Waals surface area contributed by atoms with Crippen molar-refractivity contribution in [3.05, 3.63) is 39.8 Å². The van der Waals surface area contributed by atoms with Gasteiger partial charge in [-0.15, -0.1) is 0 Å². The molecule has 2 saturated carbocycles. The van der Waals surface area contributed by atoms with Crippen LogP contribution in [-0.2, 0) is 16.1 Å². The molecule has 1 aromatic rings. The lowest BCUT2D eigenvalue weighted by atomic mass is 9.88. The molecule has 3 heterocycles. The molecule has 0 spiro atoms. The van der Waals surface area contributed by atoms with Crippen molar-refractivity contribution in [2.24, 2.45) is 17.8 Å². The lowest BCUT2D eigenvalue weighted by Crippen LogP contribution is -2.52. The first-order chi connectivity index (χ1) is 15.0. The maximum Gasteiger partial charge on any atom is 0.258 e. The Balaban J connectivity index is 1.54. The minimum absolute atomic E-state index is 0.00375. The lowest BCUT2D eigenvalue weighted by molar-refractivity contribution is -0.143. The van der Waals surface area contributed by atoms with Gasteiger partial charge in [-0.3, -0.25) is 14.4 Å². The van der Waals surface area contributed by atoms with Crippen LogP contribution in [0.4, 0.5) is 0 Å². The van der Waals surface area contributed by atoms with E-state index in [2.05, 4.69) is 5.32 Å². The molecule has 2 aliphatic heterocycles. The van der Waals surface area contributed by atoms with Gasteiger partial charge >= 0.3 is 0 Å². The molecular formula is C24H31N3O4. The van der Waals surface area contributed by atoms with Gasteiger partial charge in [0.2, 0.25) is 11.8 Å². The van der Waals surface area contributed by atoms with E-state index in [4.69, 9.17) is 0 Å². The van der Waals surface area contributed by atoms with Crippen LogP contribution in [0.5, 0.6) is 0 Å². The summed E-state index contributed by atoms with van der Waals surface area (Å²) in [4.78, 5) is 41.5. The number of carbonyl (C=O) groups excluding carboxylic acids is 2. The van der Waals surface area contributed by atoms with E-state index in [-0.39, 0.29) is 53.8 Å². The van der Waals surface area contributed by atoms with E-state index in [9.17, 15) is 19.5 Å². The standard InChI is InChI=1S/C24H31N3O4/c1-2-5-14-10-11-19-20-17(12-26(19)23(14)30)18(13-28)21(27(20)24(31)15-8-9-15)22(29)25-16-6-3-4-7-16/h2,5,10-11,15-18,20-21,28H,3-4,6-9,12-13H2,1H3,(H,25,29)/b5-2-/t17-,18-,20+,21-/m0/s1. The van der Waals surface area contributed by atoms with Gasteiger partial charge in [0.25, 0.3) is 5.56 Å². The van der Waals surface area contributed by atoms with Crippen LogP contribution in [0.25, 0.3) is 6.08 Å². The number of hydrogen-bond donors (Lipinski definition) is 2. The van der Waals surface area contributed by atoms with E-state index in [1.807, 2.05) is 19.1 Å². The number of hydrogen-bond acceptors (Lipinski definition) is 4. The number of carbonyl (C=O) groups is 2. The predicted octanol–water partition coefficient (Wildman–Crippen LogP) is 1.84. The number of amides is 2. The maximum absolute atomic E-state index is 13.4. The maximum atomic E-state index is 13.4. The lowest BCUT2D eigenvalue weighted by Gasteiger charge is -2.32. The molecule has 0 aromatic carbocycles. The highest BCUT2D eigenvalue weighted by molar-refractivity contribution is 5.91. The fraction of sp³-hybridized carbons (Fsp3) is 0.625. The Morgan fingerprint density at radius 2 is 1.94 bits per heavy atom. The summed E-state index contributed by atoms with van der Waals surface area (Å²) in [6, 6.07) is 2.87. The third-order valence-electron chi connectivity index (χ3n) is 7.60. The van der Waals surface area contributed by atoms with E-state index in [0.717, 1.165) is 44.2 Å². The number of likely N-dealkylation sites (tertiary alicyclic amines) is 1. The molecule has 3 fully saturated rings. The molecule has 7 nitrogen and oxygen atoms in total. The zero-order valence-corrected chi connectivity index (χ0v) is 18.0. The summed E-state index contributed by atoms with van der Waals surface area (Å²) in [5.74, 6) is -0.702. The number of aliphatic hydroxyl groups excluding tert-OH is 1. The Kier molecular flexibility index (Phi) is 5.24. The molecule has 4 atom stereocenters. The quantitative estimate of drug-likeness (QED) is 0.753. The number of aliphatic hydroxyl groups is 1. The molecule has 2 N–H and O–H groups in total. The van der Waals surface area contributed by atoms with Gasteiger partial charge in [0.05, 0.1) is 6.04 Å². The average molecular weight is 426 g/mol. The molecule has 2 aliphatic carbocycles. The fourth-order valence-corrected chi connectivity index (χ4v) is 5.95. The molecule has 2 amide bonds. The first-order valence-corrected chi connectivity index (χ1v) is 11.6. The van der Waals surface area contributed by atoms with Crippen molar-refractivity contribution in [3.8, 4) is 0 Å². The van der Waals surface area contributed by atoms with Crippen LogP contribution in [-0.4, -0.2) is 45.1 Å². The van der Waals surface area contributed by atoms with Crippen molar-refractivity contribution in [1.29, 1.82) is 0 Å². The van der Waals surface area contributed by atoms with E-state index in [0.29, 0.717) is 12.1 Å². The van der Waals surface area contributed by atoms with Gasteiger partial charge in [-0.2, -0.15) is 0 Å². The molecule has 0 unspecified atom stereocenters. The molecule has 0 bridgehead atoms. The van der Waals surface area contributed by atoms with Crippen molar-refractivity contribution in [2.45, 2.75) is 70.1 Å². The second-order valence-corrected chi connectivity index (χ2v) is 9.54. The van der Waals surface area contributed by atoms with Crippen LogP contribution in [0.2, 0.25) is 0 Å². The highest BCUT2D eigenvalue weighted by atomic mass is 16.3. The SMILES string of the molecule is C/C=C\c1ccc2n(c1=O)C[C@H]1[C@H](CO)[C@@H](C(=O)NC3CCCC3)N(C(=O)C3CC3)[C@@H]21. The molecule has 4 aliphatic rings. The van der Waals surface area contributed by atoms with Gasteiger partial charge in [-0.05, 0) is 44.7 Å². The predicted molar refractivity (Wildman–Crippen MR) is 116 cm³/mol. The monoisotopic (exact) mass is 425 g/mol. The molecule has 7 heteroatoms. The summed E-state index contributed by atoms with van der Waals surface area (Å²) in [7, 11) is 0. The topological polar surface area (TPSA) is 91.6 Å². The van der Waals surface area contributed by atoms with Gasteiger partial charge < -0.3 is 19.9 Å². The van der Waals surface area contributed by atoms with Crippen LogP contribution in [0.3, 0.4) is 0 Å². The molecular weight excluding hydrogens is 394 g/mol. The number of aromatic nitrogens is 1. The molecule has 31 heavy (non-hydrogen) atoms. The number of rotatable bonds is 5. The van der Waals surface area contributed by atoms with E-state index >= 15 is 0 Å². The van der Waals surface area contributed by atoms with Crippen molar-refractivity contribution >= 4 is 17.9 Å². The van der Waals surface area contributed by atoms with Crippen LogP contribution < -0.4 is 10.9 Å². The molecule has 5 rings (SSSR count). The average Bonchev–Trinajstić information content (AvgIpc) is 3.21. The first-order valence-electron chi connectivity index (χ1n) is 11.6. The zero-order valence-electron chi connectivity index (χ0n) is 18.0. The summed E-state index contributed by atoms with van der Waals surface area (Å²) >= 11 is 0. The minimum Gasteiger partial charge on any atom is -0.396 e. The third-order valence-corrected chi connectivity index (χ3v) is 7.60. The second kappa shape index (κ2) is 7.93. The second-order valence-electron chi connectivity index (χ2n) is 9.54. The smallest absolute Gasteiger partial charge is 0.258 e. The molecule has 1 aromatic heterocycles. The van der Waals surface area contributed by atoms with Crippen molar-refractivity contribution < 1.29 is 14.7 Å². The number of fused-ring (bicyclic) bond motifs is 3. The largest absolute Gasteiger partial charge is 0.396 e. The molecule has 1 saturated heterocycles. The number of allylic oxidation sites excluding steroid dienone is 1. The summed E-state index contributed by atoms with van der Waals surface area (Å²) < 4.78 is 1.74. The van der Waals surface area contributed by atoms with E-state index in [1.54, 1.807) is 21.6 Å². The zero-order chi connectivity index (χ0) is 21.7. The van der Waals surface area contributed by atoms with Crippen molar-refractivity contribution in [3.63, 3.8) is 0 Å². The van der Waals surface area contributed by atoms with E-state index < -0.39 is 6.04 Å². The highest BCUT2D eigenvalue weighted by Gasteiger charge is 2.58. The van der Waals surface area contributed by atoms with Gasteiger partial charge in [0.1, 0.15) is 6.04 Å². The number of nitrogens with zero attached hydrogens (tertiary/aromatic N) is 2. The minimum atomic E-state index is -0.673.